The van der Waals surface area contributed by atoms with Crippen molar-refractivity contribution in [3.63, 3.8) is 0 Å². The first-order valence-electron chi connectivity index (χ1n) is 4.64. The van der Waals surface area contributed by atoms with E-state index in [9.17, 15) is 4.79 Å². The molecule has 0 atom stereocenters. The maximum atomic E-state index is 10.8. The minimum atomic E-state index is -0.140. The minimum absolute atomic E-state index is 0.140. The highest BCUT2D eigenvalue weighted by molar-refractivity contribution is 5.69. The summed E-state index contributed by atoms with van der Waals surface area (Å²) >= 11 is 0. The highest BCUT2D eigenvalue weighted by atomic mass is 16.5. The molecule has 0 rings (SSSR count). The molecule has 0 fully saturated rings. The van der Waals surface area contributed by atoms with Gasteiger partial charge in [0, 0.05) is 13.1 Å². The summed E-state index contributed by atoms with van der Waals surface area (Å²) in [6.45, 7) is 6.72. The molecule has 0 heterocycles. The van der Waals surface area contributed by atoms with E-state index in [1.165, 1.54) is 7.11 Å². The largest absolute Gasteiger partial charge is 0.469 e. The number of allylic oxidation sites excluding steroid dienone is 1. The van der Waals surface area contributed by atoms with Crippen LogP contribution in [0.5, 0.6) is 0 Å². The molecule has 0 aliphatic carbocycles. The molecule has 3 nitrogen and oxygen atoms in total. The molecule has 0 aliphatic rings. The molecule has 0 unspecified atom stereocenters. The number of likely N-dealkylation sites (N-methyl/N-ethyl adjacent to an activating group) is 1. The Morgan fingerprint density at radius 1 is 1.54 bits per heavy atom. The van der Waals surface area contributed by atoms with Gasteiger partial charge in [0.25, 0.3) is 0 Å². The molecule has 0 saturated heterocycles. The van der Waals surface area contributed by atoms with Crippen LogP contribution in [-0.2, 0) is 9.53 Å². The molecule has 0 aliphatic heterocycles. The molecule has 0 aromatic carbocycles. The van der Waals surface area contributed by atoms with Gasteiger partial charge in [0.15, 0.2) is 0 Å². The summed E-state index contributed by atoms with van der Waals surface area (Å²) in [5.41, 5.74) is 0. The van der Waals surface area contributed by atoms with Crippen molar-refractivity contribution in [1.29, 1.82) is 0 Å². The van der Waals surface area contributed by atoms with Crippen LogP contribution in [0.15, 0.2) is 12.2 Å². The van der Waals surface area contributed by atoms with E-state index in [2.05, 4.69) is 22.6 Å². The molecule has 0 amide bonds. The third-order valence-corrected chi connectivity index (χ3v) is 1.91. The van der Waals surface area contributed by atoms with Gasteiger partial charge < -0.3 is 4.74 Å². The van der Waals surface area contributed by atoms with Crippen molar-refractivity contribution in [2.24, 2.45) is 0 Å². The van der Waals surface area contributed by atoms with E-state index in [4.69, 9.17) is 0 Å². The molecule has 0 spiro atoms. The normalized spacial score (nSPS) is 11.1. The Morgan fingerprint density at radius 2 is 2.23 bits per heavy atom. The van der Waals surface area contributed by atoms with Gasteiger partial charge in [0.1, 0.15) is 0 Å². The van der Waals surface area contributed by atoms with E-state index in [-0.39, 0.29) is 5.97 Å². The van der Waals surface area contributed by atoms with Gasteiger partial charge in [-0.25, -0.2) is 0 Å². The number of carbonyl (C=O) groups is 1. The lowest BCUT2D eigenvalue weighted by atomic mass is 10.3. The molecular formula is C10H19NO2. The molecule has 76 valence electrons. The second kappa shape index (κ2) is 7.80. The number of hydrogen-bond acceptors (Lipinski definition) is 3. The predicted molar refractivity (Wildman–Crippen MR) is 53.6 cm³/mol. The van der Waals surface area contributed by atoms with Crippen molar-refractivity contribution < 1.29 is 9.53 Å². The van der Waals surface area contributed by atoms with Crippen LogP contribution >= 0.6 is 0 Å². The molecule has 0 saturated carbocycles. The molecule has 3 heteroatoms. The van der Waals surface area contributed by atoms with Crippen LogP contribution in [0.2, 0.25) is 0 Å². The standard InChI is InChI=1S/C10H19NO2/c1-4-6-8-11(5-2)9-7-10(12)13-3/h4,6H,5,7-9H2,1-3H3. The Labute approximate surface area is 80.4 Å². The van der Waals surface area contributed by atoms with Crippen LogP contribution in [0.25, 0.3) is 0 Å². The first-order valence-corrected chi connectivity index (χ1v) is 4.64. The van der Waals surface area contributed by atoms with Gasteiger partial charge in [0.05, 0.1) is 13.5 Å². The molecular weight excluding hydrogens is 166 g/mol. The SMILES string of the molecule is CC=CCN(CC)CCC(=O)OC. The summed E-state index contributed by atoms with van der Waals surface area (Å²) in [6.07, 6.45) is 4.57. The summed E-state index contributed by atoms with van der Waals surface area (Å²) in [7, 11) is 1.42. The highest BCUT2D eigenvalue weighted by Crippen LogP contribution is 1.93. The molecule has 0 aromatic rings. The summed E-state index contributed by atoms with van der Waals surface area (Å²) in [6, 6.07) is 0. The molecule has 0 aromatic heterocycles. The monoisotopic (exact) mass is 185 g/mol. The summed E-state index contributed by atoms with van der Waals surface area (Å²) < 4.78 is 4.57. The average Bonchev–Trinajstić information content (AvgIpc) is 2.17. The summed E-state index contributed by atoms with van der Waals surface area (Å²) in [5, 5.41) is 0. The fourth-order valence-corrected chi connectivity index (χ4v) is 0.984. The number of rotatable bonds is 6. The van der Waals surface area contributed by atoms with E-state index in [1.807, 2.05) is 13.0 Å². The number of esters is 1. The zero-order chi connectivity index (χ0) is 10.1. The quantitative estimate of drug-likeness (QED) is 0.463. The third kappa shape index (κ3) is 6.34. The van der Waals surface area contributed by atoms with E-state index in [0.717, 1.165) is 19.6 Å². The topological polar surface area (TPSA) is 29.5 Å². The number of nitrogens with zero attached hydrogens (tertiary/aromatic N) is 1. The van der Waals surface area contributed by atoms with Crippen LogP contribution in [0.4, 0.5) is 0 Å². The van der Waals surface area contributed by atoms with Crippen LogP contribution in [-0.4, -0.2) is 37.6 Å². The second-order valence-corrected chi connectivity index (χ2v) is 2.79. The number of carbonyl (C=O) groups excluding carboxylic acids is 1. The Hall–Kier alpha value is -0.830. The lowest BCUT2D eigenvalue weighted by Gasteiger charge is -2.17. The van der Waals surface area contributed by atoms with Gasteiger partial charge in [0.2, 0.25) is 0 Å². The number of methoxy groups -OCH3 is 1. The molecule has 0 radical (unpaired) electrons. The maximum absolute atomic E-state index is 10.8. The number of hydrogen-bond donors (Lipinski definition) is 0. The van der Waals surface area contributed by atoms with Gasteiger partial charge in [-0.15, -0.1) is 0 Å². The van der Waals surface area contributed by atoms with E-state index >= 15 is 0 Å². The van der Waals surface area contributed by atoms with Gasteiger partial charge in [-0.3, -0.25) is 9.69 Å². The van der Waals surface area contributed by atoms with Crippen molar-refractivity contribution in [3.8, 4) is 0 Å². The van der Waals surface area contributed by atoms with Crippen LogP contribution < -0.4 is 0 Å². The van der Waals surface area contributed by atoms with Gasteiger partial charge in [-0.05, 0) is 13.5 Å². The molecule has 0 bridgehead atoms. The summed E-state index contributed by atoms with van der Waals surface area (Å²) in [4.78, 5) is 13.0. The van der Waals surface area contributed by atoms with Crippen molar-refractivity contribution in [2.45, 2.75) is 20.3 Å². The first-order chi connectivity index (χ1) is 6.24. The van der Waals surface area contributed by atoms with Gasteiger partial charge in [-0.2, -0.15) is 0 Å². The zero-order valence-corrected chi connectivity index (χ0v) is 8.75. The second-order valence-electron chi connectivity index (χ2n) is 2.79. The van der Waals surface area contributed by atoms with Crippen molar-refractivity contribution >= 4 is 5.97 Å². The van der Waals surface area contributed by atoms with E-state index in [1.54, 1.807) is 0 Å². The fourth-order valence-electron chi connectivity index (χ4n) is 0.984. The Bertz CT molecular complexity index is 166. The van der Waals surface area contributed by atoms with Gasteiger partial charge in [-0.1, -0.05) is 19.1 Å². The number of ether oxygens (including phenoxy) is 1. The van der Waals surface area contributed by atoms with Crippen LogP contribution in [0, 0.1) is 0 Å². The first kappa shape index (κ1) is 12.2. The van der Waals surface area contributed by atoms with Gasteiger partial charge >= 0.3 is 5.97 Å². The fraction of sp³-hybridized carbons (Fsp3) is 0.700. The van der Waals surface area contributed by atoms with Crippen LogP contribution in [0.3, 0.4) is 0 Å². The minimum Gasteiger partial charge on any atom is -0.469 e. The van der Waals surface area contributed by atoms with Crippen molar-refractivity contribution in [1.82, 2.24) is 4.90 Å². The maximum Gasteiger partial charge on any atom is 0.306 e. The molecule has 13 heavy (non-hydrogen) atoms. The Kier molecular flexibility index (Phi) is 7.30. The third-order valence-electron chi connectivity index (χ3n) is 1.91. The van der Waals surface area contributed by atoms with Crippen molar-refractivity contribution in [3.05, 3.63) is 12.2 Å². The van der Waals surface area contributed by atoms with E-state index < -0.39 is 0 Å². The Morgan fingerprint density at radius 3 is 2.69 bits per heavy atom. The summed E-state index contributed by atoms with van der Waals surface area (Å²) in [5.74, 6) is -0.140. The lowest BCUT2D eigenvalue weighted by molar-refractivity contribution is -0.140. The molecule has 0 N–H and O–H groups in total. The predicted octanol–water partition coefficient (Wildman–Crippen LogP) is 1.45. The van der Waals surface area contributed by atoms with E-state index in [0.29, 0.717) is 6.42 Å². The smallest absolute Gasteiger partial charge is 0.306 e. The highest BCUT2D eigenvalue weighted by Gasteiger charge is 2.04. The zero-order valence-electron chi connectivity index (χ0n) is 8.75. The Balaban J connectivity index is 3.64. The average molecular weight is 185 g/mol. The lowest BCUT2D eigenvalue weighted by Crippen LogP contribution is -2.26. The van der Waals surface area contributed by atoms with Crippen LogP contribution in [0.1, 0.15) is 20.3 Å². The van der Waals surface area contributed by atoms with Crippen molar-refractivity contribution in [2.75, 3.05) is 26.7 Å².